The molecule has 0 amide bonds. The number of nitrogen functional groups attached to an aromatic ring is 1. The third-order valence-corrected chi connectivity index (χ3v) is 2.18. The average molecular weight is 218 g/mol. The molecule has 0 radical (unpaired) electrons. The summed E-state index contributed by atoms with van der Waals surface area (Å²) in [5, 5.41) is 0. The van der Waals surface area contributed by atoms with Gasteiger partial charge in [0.05, 0.1) is 23.6 Å². The highest BCUT2D eigenvalue weighted by Crippen LogP contribution is 2.34. The van der Waals surface area contributed by atoms with E-state index in [2.05, 4.69) is 4.98 Å². The first-order chi connectivity index (χ1) is 7.72. The number of hydrogen-bond donors (Lipinski definition) is 1. The summed E-state index contributed by atoms with van der Waals surface area (Å²) in [6, 6.07) is 5.53. The molecule has 0 saturated heterocycles. The molecule has 2 aromatic rings. The van der Waals surface area contributed by atoms with E-state index in [0.717, 1.165) is 11.3 Å². The first kappa shape index (κ1) is 10.5. The Balaban J connectivity index is 2.51. The maximum Gasteiger partial charge on any atom is 0.229 e. The van der Waals surface area contributed by atoms with E-state index < -0.39 is 0 Å². The molecule has 0 aliphatic heterocycles. The largest absolute Gasteiger partial charge is 0.491 e. The van der Waals surface area contributed by atoms with Crippen molar-refractivity contribution in [2.24, 2.45) is 0 Å². The predicted octanol–water partition coefficient (Wildman–Crippen LogP) is 2.63. The van der Waals surface area contributed by atoms with Crippen molar-refractivity contribution in [1.29, 1.82) is 0 Å². The quantitative estimate of drug-likeness (QED) is 0.804. The molecule has 16 heavy (non-hydrogen) atoms. The normalized spacial score (nSPS) is 10.4. The van der Waals surface area contributed by atoms with Crippen molar-refractivity contribution in [3.63, 3.8) is 0 Å². The summed E-state index contributed by atoms with van der Waals surface area (Å²) in [6.45, 7) is 4.34. The number of hydrogen-bond acceptors (Lipinski definition) is 4. The Morgan fingerprint density at radius 2 is 2.25 bits per heavy atom. The smallest absolute Gasteiger partial charge is 0.229 e. The van der Waals surface area contributed by atoms with Crippen molar-refractivity contribution in [1.82, 2.24) is 4.98 Å². The van der Waals surface area contributed by atoms with Crippen molar-refractivity contribution in [2.75, 3.05) is 12.3 Å². The fourth-order valence-electron chi connectivity index (χ4n) is 1.51. The topological polar surface area (TPSA) is 61.3 Å². The minimum absolute atomic E-state index is 0.535. The maximum atomic E-state index is 5.86. The van der Waals surface area contributed by atoms with Gasteiger partial charge in [-0.1, -0.05) is 6.07 Å². The third-order valence-electron chi connectivity index (χ3n) is 2.18. The molecule has 4 nitrogen and oxygen atoms in total. The van der Waals surface area contributed by atoms with Crippen LogP contribution < -0.4 is 10.5 Å². The summed E-state index contributed by atoms with van der Waals surface area (Å²) in [4.78, 5) is 4.26. The maximum absolute atomic E-state index is 5.86. The highest BCUT2D eigenvalue weighted by molar-refractivity contribution is 5.72. The van der Waals surface area contributed by atoms with E-state index in [4.69, 9.17) is 14.9 Å². The highest BCUT2D eigenvalue weighted by Gasteiger charge is 2.13. The molecule has 0 bridgehead atoms. The van der Waals surface area contributed by atoms with Gasteiger partial charge in [-0.2, -0.15) is 0 Å². The minimum atomic E-state index is 0.535. The standard InChI is InChI=1S/C12H14N2O2/c1-3-15-11-9(5-4-6-10(11)13)12-14-8(2)7-16-12/h4-7H,3,13H2,1-2H3. The summed E-state index contributed by atoms with van der Waals surface area (Å²) < 4.78 is 10.9. The zero-order valence-electron chi connectivity index (χ0n) is 9.36. The molecule has 2 rings (SSSR count). The van der Waals surface area contributed by atoms with E-state index in [1.807, 2.05) is 26.0 Å². The Bertz CT molecular complexity index is 492. The monoisotopic (exact) mass is 218 g/mol. The molecule has 0 unspecified atom stereocenters. The van der Waals surface area contributed by atoms with Crippen LogP contribution >= 0.6 is 0 Å². The number of nitrogens with zero attached hydrogens (tertiary/aromatic N) is 1. The Hall–Kier alpha value is -1.97. The van der Waals surface area contributed by atoms with Crippen LogP contribution in [0.5, 0.6) is 5.75 Å². The third kappa shape index (κ3) is 1.86. The van der Waals surface area contributed by atoms with Crippen LogP contribution in [0.2, 0.25) is 0 Å². The lowest BCUT2D eigenvalue weighted by Crippen LogP contribution is -1.99. The van der Waals surface area contributed by atoms with Crippen molar-refractivity contribution in [3.05, 3.63) is 30.2 Å². The van der Waals surface area contributed by atoms with Gasteiger partial charge in [-0.3, -0.25) is 0 Å². The van der Waals surface area contributed by atoms with E-state index in [0.29, 0.717) is 23.9 Å². The number of benzene rings is 1. The number of ether oxygens (including phenoxy) is 1. The van der Waals surface area contributed by atoms with Gasteiger partial charge in [0, 0.05) is 0 Å². The van der Waals surface area contributed by atoms with Gasteiger partial charge in [0.15, 0.2) is 5.75 Å². The van der Waals surface area contributed by atoms with Gasteiger partial charge in [0.25, 0.3) is 0 Å². The Kier molecular flexibility index (Phi) is 2.81. The molecule has 1 aromatic carbocycles. The highest BCUT2D eigenvalue weighted by atomic mass is 16.5. The first-order valence-corrected chi connectivity index (χ1v) is 5.16. The second-order valence-corrected chi connectivity index (χ2v) is 3.45. The molecule has 0 saturated carbocycles. The van der Waals surface area contributed by atoms with E-state index in [1.165, 1.54) is 0 Å². The first-order valence-electron chi connectivity index (χ1n) is 5.16. The van der Waals surface area contributed by atoms with Crippen LogP contribution in [-0.4, -0.2) is 11.6 Å². The molecule has 0 fully saturated rings. The van der Waals surface area contributed by atoms with Crippen LogP contribution in [0.1, 0.15) is 12.6 Å². The van der Waals surface area contributed by atoms with Crippen LogP contribution in [0.15, 0.2) is 28.9 Å². The minimum Gasteiger partial charge on any atom is -0.491 e. The van der Waals surface area contributed by atoms with Gasteiger partial charge in [-0.25, -0.2) is 4.98 Å². The van der Waals surface area contributed by atoms with Gasteiger partial charge in [0.1, 0.15) is 6.26 Å². The van der Waals surface area contributed by atoms with Gasteiger partial charge in [0.2, 0.25) is 5.89 Å². The second-order valence-electron chi connectivity index (χ2n) is 3.45. The summed E-state index contributed by atoms with van der Waals surface area (Å²) in [5.74, 6) is 1.17. The Morgan fingerprint density at radius 3 is 2.88 bits per heavy atom. The summed E-state index contributed by atoms with van der Waals surface area (Å²) in [5.41, 5.74) is 8.07. The van der Waals surface area contributed by atoms with Crippen LogP contribution in [0.3, 0.4) is 0 Å². The van der Waals surface area contributed by atoms with E-state index in [1.54, 1.807) is 12.3 Å². The SMILES string of the molecule is CCOc1c(N)cccc1-c1nc(C)co1. The molecule has 1 heterocycles. The molecule has 0 aliphatic carbocycles. The van der Waals surface area contributed by atoms with E-state index in [-0.39, 0.29) is 0 Å². The summed E-state index contributed by atoms with van der Waals surface area (Å²) in [6.07, 6.45) is 1.61. The number of oxazole rings is 1. The van der Waals surface area contributed by atoms with Crippen LogP contribution in [-0.2, 0) is 0 Å². The van der Waals surface area contributed by atoms with Crippen molar-refractivity contribution in [3.8, 4) is 17.2 Å². The summed E-state index contributed by atoms with van der Waals surface area (Å²) in [7, 11) is 0. The van der Waals surface area contributed by atoms with Crippen LogP contribution in [0.4, 0.5) is 5.69 Å². The van der Waals surface area contributed by atoms with Crippen LogP contribution in [0.25, 0.3) is 11.5 Å². The molecule has 1 aromatic heterocycles. The van der Waals surface area contributed by atoms with Crippen molar-refractivity contribution >= 4 is 5.69 Å². The zero-order valence-corrected chi connectivity index (χ0v) is 9.36. The molecular formula is C12H14N2O2. The molecule has 4 heteroatoms. The molecule has 0 atom stereocenters. The van der Waals surface area contributed by atoms with Crippen molar-refractivity contribution in [2.45, 2.75) is 13.8 Å². The number of para-hydroxylation sites is 1. The van der Waals surface area contributed by atoms with Gasteiger partial charge in [-0.05, 0) is 26.0 Å². The zero-order chi connectivity index (χ0) is 11.5. The average Bonchev–Trinajstić information content (AvgIpc) is 2.68. The Labute approximate surface area is 94.1 Å². The number of aryl methyl sites for hydroxylation is 1. The molecule has 0 spiro atoms. The number of nitrogens with two attached hydrogens (primary N) is 1. The predicted molar refractivity (Wildman–Crippen MR) is 62.3 cm³/mol. The lowest BCUT2D eigenvalue weighted by Gasteiger charge is -2.09. The molecule has 84 valence electrons. The lowest BCUT2D eigenvalue weighted by molar-refractivity contribution is 0.342. The molecular weight excluding hydrogens is 204 g/mol. The number of anilines is 1. The van der Waals surface area contributed by atoms with Gasteiger partial charge >= 0.3 is 0 Å². The number of aromatic nitrogens is 1. The van der Waals surface area contributed by atoms with Gasteiger partial charge < -0.3 is 14.9 Å². The second kappa shape index (κ2) is 4.26. The lowest BCUT2D eigenvalue weighted by atomic mass is 10.1. The number of rotatable bonds is 3. The molecule has 0 aliphatic rings. The fraction of sp³-hybridized carbons (Fsp3) is 0.250. The fourth-order valence-corrected chi connectivity index (χ4v) is 1.51. The van der Waals surface area contributed by atoms with Gasteiger partial charge in [-0.15, -0.1) is 0 Å². The van der Waals surface area contributed by atoms with E-state index >= 15 is 0 Å². The molecule has 2 N–H and O–H groups in total. The van der Waals surface area contributed by atoms with Crippen molar-refractivity contribution < 1.29 is 9.15 Å². The Morgan fingerprint density at radius 1 is 1.44 bits per heavy atom. The van der Waals surface area contributed by atoms with Crippen LogP contribution in [0, 0.1) is 6.92 Å². The summed E-state index contributed by atoms with van der Waals surface area (Å²) >= 11 is 0. The van der Waals surface area contributed by atoms with E-state index in [9.17, 15) is 0 Å².